The van der Waals surface area contributed by atoms with Crippen LogP contribution in [0.4, 0.5) is 4.39 Å². The maximum absolute atomic E-state index is 17.4. The Morgan fingerprint density at radius 2 is 1.81 bits per heavy atom. The highest BCUT2D eigenvalue weighted by atomic mass is 19.1. The normalized spacial score (nSPS) is 43.1. The fourth-order valence-corrected chi connectivity index (χ4v) is 8.01. The molecule has 0 aromatic carbocycles. The van der Waals surface area contributed by atoms with Crippen molar-refractivity contribution in [1.29, 1.82) is 0 Å². The van der Waals surface area contributed by atoms with Crippen molar-refractivity contribution < 1.29 is 38.1 Å². The Hall–Kier alpha value is -2.35. The van der Waals surface area contributed by atoms with Gasteiger partial charge in [-0.25, -0.2) is 4.39 Å². The van der Waals surface area contributed by atoms with Crippen molar-refractivity contribution in [3.05, 3.63) is 23.8 Å². The zero-order valence-electron chi connectivity index (χ0n) is 21.8. The number of allylic oxidation sites excluding steroid dienone is 4. The second-order valence-electron chi connectivity index (χ2n) is 11.4. The van der Waals surface area contributed by atoms with E-state index >= 15 is 4.39 Å². The second-order valence-corrected chi connectivity index (χ2v) is 11.4. The SMILES string of the molecule is CCC(=O)OCC(=O)[C@@]1(OC(=O)CC)[C@@H](C)CC2C3CCC4=CC(=O)C=C[C@]4(C)C3(F)[C@@H](O)C[C@@]21C. The van der Waals surface area contributed by atoms with Gasteiger partial charge in [-0.3, -0.25) is 19.2 Å². The van der Waals surface area contributed by atoms with Crippen LogP contribution in [0, 0.1) is 28.6 Å². The molecule has 198 valence electrons. The number of carbonyl (C=O) groups is 4. The number of aliphatic hydroxyl groups excluding tert-OH is 1. The number of hydrogen-bond acceptors (Lipinski definition) is 7. The van der Waals surface area contributed by atoms with Crippen molar-refractivity contribution in [1.82, 2.24) is 0 Å². The topological polar surface area (TPSA) is 107 Å². The van der Waals surface area contributed by atoms with E-state index in [1.807, 2.05) is 6.92 Å². The maximum Gasteiger partial charge on any atom is 0.306 e. The van der Waals surface area contributed by atoms with Gasteiger partial charge in [0, 0.05) is 35.5 Å². The zero-order chi connectivity index (χ0) is 26.7. The van der Waals surface area contributed by atoms with E-state index in [9.17, 15) is 24.3 Å². The molecule has 3 unspecified atom stereocenters. The fourth-order valence-electron chi connectivity index (χ4n) is 8.01. The summed E-state index contributed by atoms with van der Waals surface area (Å²) in [6.07, 6.45) is 4.32. The highest BCUT2D eigenvalue weighted by molar-refractivity contribution is 6.01. The third-order valence-electron chi connectivity index (χ3n) is 9.81. The van der Waals surface area contributed by atoms with E-state index < -0.39 is 64.4 Å². The second kappa shape index (κ2) is 8.89. The van der Waals surface area contributed by atoms with Gasteiger partial charge in [0.15, 0.2) is 23.7 Å². The van der Waals surface area contributed by atoms with Crippen LogP contribution in [0.1, 0.15) is 73.1 Å². The van der Waals surface area contributed by atoms with Gasteiger partial charge in [0.1, 0.15) is 0 Å². The van der Waals surface area contributed by atoms with Gasteiger partial charge in [0.25, 0.3) is 0 Å². The Balaban J connectivity index is 1.80. The van der Waals surface area contributed by atoms with Crippen LogP contribution in [0.2, 0.25) is 0 Å². The Morgan fingerprint density at radius 1 is 1.14 bits per heavy atom. The highest BCUT2D eigenvalue weighted by Gasteiger charge is 2.77. The van der Waals surface area contributed by atoms with Crippen LogP contribution in [0.3, 0.4) is 0 Å². The lowest BCUT2D eigenvalue weighted by Gasteiger charge is -2.62. The standard InChI is InChI=1S/C28H37FO7/c1-6-23(33)35-15-22(32)28(36-24(34)7-2)16(3)12-20-19-9-8-17-13-18(30)10-11-25(17,4)27(19,29)21(31)14-26(20,28)5/h10-11,13,16,19-21,31H,6-9,12,14-15H2,1-5H3/t16-,19?,20?,21-,25-,26-,27?,28-/m0/s1. The van der Waals surface area contributed by atoms with Crippen molar-refractivity contribution in [2.24, 2.45) is 28.6 Å². The van der Waals surface area contributed by atoms with Crippen molar-refractivity contribution >= 4 is 23.5 Å². The lowest BCUT2D eigenvalue weighted by atomic mass is 9.44. The summed E-state index contributed by atoms with van der Waals surface area (Å²) in [5.74, 6) is -3.31. The number of Topliss-reactive ketones (excluding diaryl/α,β-unsaturated/α-hetero) is 1. The Morgan fingerprint density at radius 3 is 2.44 bits per heavy atom. The van der Waals surface area contributed by atoms with E-state index in [1.165, 1.54) is 12.2 Å². The Kier molecular flexibility index (Phi) is 6.60. The molecule has 0 saturated heterocycles. The van der Waals surface area contributed by atoms with Gasteiger partial charge in [0.05, 0.1) is 6.10 Å². The molecule has 1 N–H and O–H groups in total. The number of ether oxygens (including phenoxy) is 2. The molecule has 0 heterocycles. The summed E-state index contributed by atoms with van der Waals surface area (Å²) in [4.78, 5) is 50.3. The van der Waals surface area contributed by atoms with E-state index in [1.54, 1.807) is 33.8 Å². The minimum Gasteiger partial charge on any atom is -0.457 e. The molecule has 8 atom stereocenters. The van der Waals surface area contributed by atoms with Crippen molar-refractivity contribution in [2.45, 2.75) is 90.5 Å². The number of aliphatic hydroxyl groups is 1. The molecule has 36 heavy (non-hydrogen) atoms. The molecule has 4 rings (SSSR count). The quantitative estimate of drug-likeness (QED) is 0.548. The summed E-state index contributed by atoms with van der Waals surface area (Å²) in [6.45, 7) is 8.05. The monoisotopic (exact) mass is 504 g/mol. The molecule has 0 spiro atoms. The molecule has 7 nitrogen and oxygen atoms in total. The van der Waals surface area contributed by atoms with Gasteiger partial charge in [0.2, 0.25) is 5.78 Å². The molecule has 3 saturated carbocycles. The van der Waals surface area contributed by atoms with Gasteiger partial charge in [-0.05, 0) is 50.7 Å². The molecule has 4 aliphatic carbocycles. The lowest BCUT2D eigenvalue weighted by molar-refractivity contribution is -0.228. The first-order chi connectivity index (χ1) is 16.8. The summed E-state index contributed by atoms with van der Waals surface area (Å²) < 4.78 is 28.5. The summed E-state index contributed by atoms with van der Waals surface area (Å²) >= 11 is 0. The van der Waals surface area contributed by atoms with Gasteiger partial charge in [-0.1, -0.05) is 39.3 Å². The van der Waals surface area contributed by atoms with Crippen LogP contribution >= 0.6 is 0 Å². The predicted octanol–water partition coefficient (Wildman–Crippen LogP) is 3.82. The molecule has 0 aromatic heterocycles. The predicted molar refractivity (Wildman–Crippen MR) is 128 cm³/mol. The van der Waals surface area contributed by atoms with E-state index in [0.29, 0.717) is 24.8 Å². The molecule has 0 aromatic rings. The number of carbonyl (C=O) groups excluding carboxylic acids is 4. The molecular weight excluding hydrogens is 467 g/mol. The largest absolute Gasteiger partial charge is 0.457 e. The first kappa shape index (κ1) is 26.7. The minimum atomic E-state index is -2.05. The minimum absolute atomic E-state index is 0.0430. The van der Waals surface area contributed by atoms with Gasteiger partial charge >= 0.3 is 11.9 Å². The summed E-state index contributed by atoms with van der Waals surface area (Å²) in [5, 5.41) is 11.5. The van der Waals surface area contributed by atoms with Crippen LogP contribution in [0.5, 0.6) is 0 Å². The number of hydrogen-bond donors (Lipinski definition) is 1. The number of rotatable bonds is 6. The molecule has 0 radical (unpaired) electrons. The number of esters is 2. The lowest BCUT2D eigenvalue weighted by Crippen LogP contribution is -2.70. The zero-order valence-corrected chi connectivity index (χ0v) is 21.8. The number of fused-ring (bicyclic) bond motifs is 5. The molecule has 0 amide bonds. The highest BCUT2D eigenvalue weighted by Crippen LogP contribution is 2.71. The maximum atomic E-state index is 17.4. The molecule has 3 fully saturated rings. The third-order valence-corrected chi connectivity index (χ3v) is 9.81. The molecule has 0 aliphatic heterocycles. The average molecular weight is 505 g/mol. The molecule has 0 bridgehead atoms. The number of ketones is 2. The average Bonchev–Trinajstić information content (AvgIpc) is 3.05. The van der Waals surface area contributed by atoms with Crippen LogP contribution in [-0.2, 0) is 28.7 Å². The molecule has 8 heteroatoms. The first-order valence-corrected chi connectivity index (χ1v) is 13.0. The van der Waals surface area contributed by atoms with Gasteiger partial charge in [-0.15, -0.1) is 0 Å². The Bertz CT molecular complexity index is 1050. The van der Waals surface area contributed by atoms with Crippen molar-refractivity contribution in [2.75, 3.05) is 6.61 Å². The van der Waals surface area contributed by atoms with E-state index in [0.717, 1.165) is 0 Å². The summed E-state index contributed by atoms with van der Waals surface area (Å²) in [6, 6.07) is 0. The Labute approximate surface area is 211 Å². The third kappa shape index (κ3) is 3.39. The van der Waals surface area contributed by atoms with Crippen molar-refractivity contribution in [3.63, 3.8) is 0 Å². The van der Waals surface area contributed by atoms with Crippen molar-refractivity contribution in [3.8, 4) is 0 Å². The summed E-state index contributed by atoms with van der Waals surface area (Å²) in [7, 11) is 0. The van der Waals surface area contributed by atoms with Gasteiger partial charge < -0.3 is 14.6 Å². The number of alkyl halides is 1. The van der Waals surface area contributed by atoms with Crippen LogP contribution in [0.15, 0.2) is 23.8 Å². The van der Waals surface area contributed by atoms with E-state index in [-0.39, 0.29) is 31.0 Å². The molecular formula is C28H37FO7. The van der Waals surface area contributed by atoms with Crippen LogP contribution < -0.4 is 0 Å². The number of halogens is 1. The van der Waals surface area contributed by atoms with Crippen LogP contribution in [-0.4, -0.2) is 52.6 Å². The smallest absolute Gasteiger partial charge is 0.306 e. The first-order valence-electron chi connectivity index (χ1n) is 13.0. The summed E-state index contributed by atoms with van der Waals surface area (Å²) in [5.41, 5.74) is -5.26. The molecule has 4 aliphatic rings. The fraction of sp³-hybridized carbons (Fsp3) is 0.714. The van der Waals surface area contributed by atoms with Crippen LogP contribution in [0.25, 0.3) is 0 Å². The van der Waals surface area contributed by atoms with E-state index in [4.69, 9.17) is 9.47 Å². The van der Waals surface area contributed by atoms with E-state index in [2.05, 4.69) is 0 Å². The van der Waals surface area contributed by atoms with Gasteiger partial charge in [-0.2, -0.15) is 0 Å².